The normalized spacial score (nSPS) is 11.3. The van der Waals surface area contributed by atoms with E-state index in [0.29, 0.717) is 15.7 Å². The molecular weight excluding hydrogens is 438 g/mol. The van der Waals surface area contributed by atoms with Crippen LogP contribution in [0.4, 0.5) is 5.69 Å². The molecule has 2 rings (SSSR count). The van der Waals surface area contributed by atoms with Gasteiger partial charge in [0.05, 0.1) is 23.7 Å². The molecule has 1 amide bonds. The molecule has 0 aromatic heterocycles. The average Bonchev–Trinajstić information content (AvgIpc) is 2.59. The van der Waals surface area contributed by atoms with E-state index in [4.69, 9.17) is 5.11 Å². The van der Waals surface area contributed by atoms with Crippen molar-refractivity contribution in [1.82, 2.24) is 5.43 Å². The lowest BCUT2D eigenvalue weighted by molar-refractivity contribution is -0.119. The fourth-order valence-corrected chi connectivity index (χ4v) is 3.32. The topological polar surface area (TPSA) is 116 Å². The summed E-state index contributed by atoms with van der Waals surface area (Å²) >= 11 is 3.26. The van der Waals surface area contributed by atoms with Gasteiger partial charge in [-0.3, -0.25) is 9.10 Å². The average molecular weight is 454 g/mol. The van der Waals surface area contributed by atoms with E-state index >= 15 is 0 Å². The van der Waals surface area contributed by atoms with Gasteiger partial charge in [-0.15, -0.1) is 0 Å². The predicted octanol–water partition coefficient (Wildman–Crippen LogP) is 2.06. The highest BCUT2D eigenvalue weighted by molar-refractivity contribution is 9.10. The first-order valence-electron chi connectivity index (χ1n) is 7.55. The van der Waals surface area contributed by atoms with Crippen molar-refractivity contribution in [3.63, 3.8) is 0 Å². The van der Waals surface area contributed by atoms with Crippen LogP contribution in [0.25, 0.3) is 0 Å². The van der Waals surface area contributed by atoms with Crippen LogP contribution in [0.5, 0.6) is 0 Å². The van der Waals surface area contributed by atoms with E-state index < -0.39 is 28.4 Å². The first kappa shape index (κ1) is 20.6. The largest absolute Gasteiger partial charge is 0.478 e. The van der Waals surface area contributed by atoms with Crippen molar-refractivity contribution >= 4 is 49.7 Å². The second-order valence-electron chi connectivity index (χ2n) is 5.47. The van der Waals surface area contributed by atoms with Crippen molar-refractivity contribution in [2.24, 2.45) is 5.10 Å². The Balaban J connectivity index is 2.04. The number of hydrazone groups is 1. The highest BCUT2D eigenvalue weighted by Gasteiger charge is 2.20. The lowest BCUT2D eigenvalue weighted by atomic mass is 10.1. The van der Waals surface area contributed by atoms with Gasteiger partial charge in [0.1, 0.15) is 6.54 Å². The summed E-state index contributed by atoms with van der Waals surface area (Å²) < 4.78 is 25.7. The third-order valence-electron chi connectivity index (χ3n) is 3.34. The smallest absolute Gasteiger partial charge is 0.335 e. The number of aromatic carboxylic acids is 1. The lowest BCUT2D eigenvalue weighted by Crippen LogP contribution is -2.39. The number of carbonyl (C=O) groups excluding carboxylic acids is 1. The molecule has 8 nitrogen and oxygen atoms in total. The molecule has 0 saturated heterocycles. The fourth-order valence-electron chi connectivity index (χ4n) is 2.09. The Morgan fingerprint density at radius 3 is 2.44 bits per heavy atom. The molecule has 0 aliphatic carbocycles. The maximum Gasteiger partial charge on any atom is 0.335 e. The summed E-state index contributed by atoms with van der Waals surface area (Å²) in [5, 5.41) is 12.6. The molecule has 2 aromatic carbocycles. The lowest BCUT2D eigenvalue weighted by Gasteiger charge is -2.21. The Morgan fingerprint density at radius 2 is 1.89 bits per heavy atom. The van der Waals surface area contributed by atoms with E-state index in [1.165, 1.54) is 30.5 Å². The van der Waals surface area contributed by atoms with Gasteiger partial charge in [0.15, 0.2) is 0 Å². The second-order valence-corrected chi connectivity index (χ2v) is 8.29. The number of benzene rings is 2. The Labute approximate surface area is 164 Å². The van der Waals surface area contributed by atoms with Crippen LogP contribution in [0.15, 0.2) is 58.1 Å². The summed E-state index contributed by atoms with van der Waals surface area (Å²) in [6.45, 7) is -0.440. The molecular formula is C17H16BrN3O5S. The van der Waals surface area contributed by atoms with Crippen molar-refractivity contribution < 1.29 is 23.1 Å². The maximum absolute atomic E-state index is 12.1. The molecule has 142 valence electrons. The van der Waals surface area contributed by atoms with Gasteiger partial charge in [-0.05, 0) is 35.9 Å². The van der Waals surface area contributed by atoms with E-state index in [9.17, 15) is 18.0 Å². The number of anilines is 1. The van der Waals surface area contributed by atoms with E-state index in [-0.39, 0.29) is 5.56 Å². The highest BCUT2D eigenvalue weighted by atomic mass is 79.9. The third kappa shape index (κ3) is 6.19. The zero-order chi connectivity index (χ0) is 20.0. The third-order valence-corrected chi connectivity index (χ3v) is 4.98. The number of sulfonamides is 1. The van der Waals surface area contributed by atoms with Crippen LogP contribution in [0.3, 0.4) is 0 Å². The second kappa shape index (κ2) is 8.78. The molecule has 0 fully saturated rings. The molecule has 0 atom stereocenters. The number of carboxylic acid groups (broad SMARTS) is 1. The van der Waals surface area contributed by atoms with Crippen LogP contribution >= 0.6 is 15.9 Å². The number of amides is 1. The minimum absolute atomic E-state index is 0.133. The van der Waals surface area contributed by atoms with Crippen LogP contribution in [0.2, 0.25) is 0 Å². The Morgan fingerprint density at radius 1 is 1.22 bits per heavy atom. The van der Waals surface area contributed by atoms with Crippen LogP contribution in [-0.2, 0) is 14.8 Å². The molecule has 2 N–H and O–H groups in total. The molecule has 27 heavy (non-hydrogen) atoms. The molecule has 0 spiro atoms. The molecule has 0 unspecified atom stereocenters. The van der Waals surface area contributed by atoms with Gasteiger partial charge in [-0.25, -0.2) is 18.6 Å². The van der Waals surface area contributed by atoms with E-state index in [2.05, 4.69) is 26.5 Å². The van der Waals surface area contributed by atoms with Crippen LogP contribution in [0, 0.1) is 0 Å². The van der Waals surface area contributed by atoms with Gasteiger partial charge in [-0.1, -0.05) is 34.1 Å². The molecule has 0 heterocycles. The zero-order valence-electron chi connectivity index (χ0n) is 14.2. The van der Waals surface area contributed by atoms with Crippen molar-refractivity contribution in [1.29, 1.82) is 0 Å². The van der Waals surface area contributed by atoms with Crippen LogP contribution in [0.1, 0.15) is 15.9 Å². The van der Waals surface area contributed by atoms with E-state index in [1.54, 1.807) is 24.3 Å². The molecule has 10 heteroatoms. The quantitative estimate of drug-likeness (QED) is 0.491. The van der Waals surface area contributed by atoms with Gasteiger partial charge in [-0.2, -0.15) is 5.10 Å². The van der Waals surface area contributed by atoms with Crippen molar-refractivity contribution in [3.8, 4) is 0 Å². The Bertz CT molecular complexity index is 974. The van der Waals surface area contributed by atoms with Crippen LogP contribution in [-0.4, -0.2) is 44.4 Å². The van der Waals surface area contributed by atoms with E-state index in [1.807, 2.05) is 0 Å². The Hall–Kier alpha value is -2.72. The van der Waals surface area contributed by atoms with Gasteiger partial charge in [0, 0.05) is 4.47 Å². The molecule has 0 radical (unpaired) electrons. The molecule has 0 aliphatic rings. The summed E-state index contributed by atoms with van der Waals surface area (Å²) in [4.78, 5) is 22.9. The number of carbonyl (C=O) groups is 2. The zero-order valence-corrected chi connectivity index (χ0v) is 16.6. The summed E-state index contributed by atoms with van der Waals surface area (Å²) in [5.74, 6) is -1.67. The number of rotatable bonds is 7. The molecule has 2 aromatic rings. The Kier molecular flexibility index (Phi) is 6.70. The summed E-state index contributed by atoms with van der Waals surface area (Å²) in [6.07, 6.45) is 2.34. The van der Waals surface area contributed by atoms with Gasteiger partial charge in [0.25, 0.3) is 5.91 Å². The summed E-state index contributed by atoms with van der Waals surface area (Å²) in [5.41, 5.74) is 3.30. The van der Waals surface area contributed by atoms with Crippen molar-refractivity contribution in [2.75, 3.05) is 17.1 Å². The van der Waals surface area contributed by atoms with Crippen LogP contribution < -0.4 is 9.73 Å². The predicted molar refractivity (Wildman–Crippen MR) is 105 cm³/mol. The number of hydrogen-bond donors (Lipinski definition) is 2. The SMILES string of the molecule is CS(=O)(=O)N(CC(=O)N/N=C\c1ccc(C(=O)O)cc1)c1cccc(Br)c1. The summed E-state index contributed by atoms with van der Waals surface area (Å²) in [6, 6.07) is 12.4. The number of nitrogens with one attached hydrogen (secondary N) is 1. The van der Waals surface area contributed by atoms with Crippen molar-refractivity contribution in [3.05, 3.63) is 64.1 Å². The standard InChI is InChI=1S/C17H16BrN3O5S/c1-27(25,26)21(15-4-2-3-14(18)9-15)11-16(22)20-19-10-12-5-7-13(8-6-12)17(23)24/h2-10H,11H2,1H3,(H,20,22)(H,23,24)/b19-10-. The number of hydrogen-bond acceptors (Lipinski definition) is 5. The number of nitrogens with zero attached hydrogens (tertiary/aromatic N) is 2. The van der Waals surface area contributed by atoms with Gasteiger partial charge >= 0.3 is 5.97 Å². The monoisotopic (exact) mass is 453 g/mol. The molecule has 0 aliphatic heterocycles. The first-order valence-corrected chi connectivity index (χ1v) is 10.2. The van der Waals surface area contributed by atoms with Gasteiger partial charge < -0.3 is 5.11 Å². The number of carboxylic acids is 1. The maximum atomic E-state index is 12.1. The van der Waals surface area contributed by atoms with E-state index in [0.717, 1.165) is 10.6 Å². The molecule has 0 bridgehead atoms. The minimum Gasteiger partial charge on any atom is -0.478 e. The number of halogens is 1. The fraction of sp³-hybridized carbons (Fsp3) is 0.118. The minimum atomic E-state index is -3.68. The molecule has 0 saturated carbocycles. The summed E-state index contributed by atoms with van der Waals surface area (Å²) in [7, 11) is -3.68. The highest BCUT2D eigenvalue weighted by Crippen LogP contribution is 2.21. The van der Waals surface area contributed by atoms with Gasteiger partial charge in [0.2, 0.25) is 10.0 Å². The van der Waals surface area contributed by atoms with Crippen molar-refractivity contribution in [2.45, 2.75) is 0 Å². The first-order chi connectivity index (χ1) is 12.7.